The van der Waals surface area contributed by atoms with Crippen molar-refractivity contribution in [3.05, 3.63) is 48.7 Å². The normalized spacial score (nSPS) is 25.2. The first-order chi connectivity index (χ1) is 15.2. The summed E-state index contributed by atoms with van der Waals surface area (Å²) < 4.78 is 19.5. The first-order valence-electron chi connectivity index (χ1n) is 11.0. The lowest BCUT2D eigenvalue weighted by Crippen LogP contribution is -2.47. The maximum atomic E-state index is 13.9. The van der Waals surface area contributed by atoms with Gasteiger partial charge in [0.2, 0.25) is 0 Å². The second-order valence-electron chi connectivity index (χ2n) is 8.90. The lowest BCUT2D eigenvalue weighted by atomic mass is 9.62. The molecular weight excluding hydrogens is 393 g/mol. The van der Waals surface area contributed by atoms with Gasteiger partial charge in [0.05, 0.1) is 12.5 Å². The standard InChI is InChI=1S/C24H24FN5O/c1-13-14-4-6-15(7-5-14)22(13)29-21-10-19(20-3-2-8-31-20)28-24(30-21)18-12-27-23-17(18)9-16(25)11-26-23/h2-3,8-15,22H,4-7H2,1H3,(H,26,27)(H,28,29,30). The molecule has 0 radical (unpaired) electrons. The van der Waals surface area contributed by atoms with Gasteiger partial charge in [0.1, 0.15) is 23.0 Å². The van der Waals surface area contributed by atoms with Gasteiger partial charge in [-0.2, -0.15) is 0 Å². The first-order valence-corrected chi connectivity index (χ1v) is 11.0. The highest BCUT2D eigenvalue weighted by Gasteiger charge is 2.41. The largest absolute Gasteiger partial charge is 0.463 e. The van der Waals surface area contributed by atoms with Gasteiger partial charge in [0.25, 0.3) is 0 Å². The molecule has 4 aromatic heterocycles. The summed E-state index contributed by atoms with van der Waals surface area (Å²) in [7, 11) is 0. The van der Waals surface area contributed by atoms with Crippen LogP contribution in [0, 0.1) is 23.6 Å². The molecule has 0 spiro atoms. The minimum atomic E-state index is -0.388. The molecule has 158 valence electrons. The van der Waals surface area contributed by atoms with E-state index in [0.29, 0.717) is 46.2 Å². The molecule has 7 rings (SSSR count). The maximum Gasteiger partial charge on any atom is 0.164 e. The van der Waals surface area contributed by atoms with Crippen molar-refractivity contribution < 1.29 is 8.81 Å². The molecule has 2 bridgehead atoms. The number of H-pyrrole nitrogens is 1. The highest BCUT2D eigenvalue weighted by atomic mass is 19.1. The van der Waals surface area contributed by atoms with Crippen LogP contribution in [0.5, 0.6) is 0 Å². The van der Waals surface area contributed by atoms with Crippen molar-refractivity contribution in [2.24, 2.45) is 17.8 Å². The Morgan fingerprint density at radius 2 is 1.97 bits per heavy atom. The van der Waals surface area contributed by atoms with E-state index in [4.69, 9.17) is 14.4 Å². The van der Waals surface area contributed by atoms with Crippen LogP contribution in [0.3, 0.4) is 0 Å². The monoisotopic (exact) mass is 417 g/mol. The molecule has 0 amide bonds. The number of furan rings is 1. The van der Waals surface area contributed by atoms with Crippen LogP contribution in [0.2, 0.25) is 0 Å². The molecule has 3 aliphatic rings. The van der Waals surface area contributed by atoms with E-state index in [1.165, 1.54) is 37.9 Å². The lowest BCUT2D eigenvalue weighted by Gasteiger charge is -2.47. The molecule has 0 aliphatic heterocycles. The van der Waals surface area contributed by atoms with E-state index in [0.717, 1.165) is 17.3 Å². The number of pyridine rings is 1. The molecule has 3 saturated carbocycles. The molecule has 2 N–H and O–H groups in total. The Kier molecular flexibility index (Phi) is 4.30. The van der Waals surface area contributed by atoms with E-state index in [1.807, 2.05) is 18.2 Å². The summed E-state index contributed by atoms with van der Waals surface area (Å²) in [5.41, 5.74) is 2.03. The predicted octanol–water partition coefficient (Wildman–Crippen LogP) is 5.66. The summed E-state index contributed by atoms with van der Waals surface area (Å²) in [6, 6.07) is 7.55. The van der Waals surface area contributed by atoms with E-state index in [9.17, 15) is 4.39 Å². The molecule has 7 heteroatoms. The topological polar surface area (TPSA) is 79.6 Å². The number of hydrogen-bond donors (Lipinski definition) is 2. The Hall–Kier alpha value is -3.22. The summed E-state index contributed by atoms with van der Waals surface area (Å²) in [5.74, 6) is 3.66. The Bertz CT molecular complexity index is 1220. The van der Waals surface area contributed by atoms with Crippen LogP contribution >= 0.6 is 0 Å². The molecule has 4 heterocycles. The highest BCUT2D eigenvalue weighted by Crippen LogP contribution is 2.46. The lowest BCUT2D eigenvalue weighted by molar-refractivity contribution is 0.0928. The van der Waals surface area contributed by atoms with Crippen molar-refractivity contribution in [3.8, 4) is 22.8 Å². The fourth-order valence-electron chi connectivity index (χ4n) is 5.53. The Balaban J connectivity index is 1.44. The summed E-state index contributed by atoms with van der Waals surface area (Å²) >= 11 is 0. The maximum absolute atomic E-state index is 13.9. The zero-order valence-corrected chi connectivity index (χ0v) is 17.3. The van der Waals surface area contributed by atoms with Gasteiger partial charge in [-0.1, -0.05) is 6.92 Å². The van der Waals surface area contributed by atoms with Gasteiger partial charge < -0.3 is 14.7 Å². The van der Waals surface area contributed by atoms with Gasteiger partial charge in [0, 0.05) is 29.3 Å². The SMILES string of the molecule is CC1C2CCC(CC2)C1Nc1cc(-c2ccco2)nc(-c2c[nH]c3ncc(F)cc23)n1. The molecule has 2 atom stereocenters. The summed E-state index contributed by atoms with van der Waals surface area (Å²) in [4.78, 5) is 16.8. The average molecular weight is 417 g/mol. The molecule has 4 aromatic rings. The summed E-state index contributed by atoms with van der Waals surface area (Å²) in [6.45, 7) is 2.36. The number of fused-ring (bicyclic) bond motifs is 4. The fourth-order valence-corrected chi connectivity index (χ4v) is 5.53. The van der Waals surface area contributed by atoms with Gasteiger partial charge in [-0.25, -0.2) is 19.3 Å². The van der Waals surface area contributed by atoms with E-state index >= 15 is 0 Å². The molecule has 0 aromatic carbocycles. The molecule has 0 saturated heterocycles. The molecule has 3 aliphatic carbocycles. The smallest absolute Gasteiger partial charge is 0.164 e. The van der Waals surface area contributed by atoms with Gasteiger partial charge >= 0.3 is 0 Å². The number of aromatic amines is 1. The van der Waals surface area contributed by atoms with Crippen molar-refractivity contribution in [2.75, 3.05) is 5.32 Å². The van der Waals surface area contributed by atoms with Crippen molar-refractivity contribution in [3.63, 3.8) is 0 Å². The van der Waals surface area contributed by atoms with Crippen molar-refractivity contribution in [1.29, 1.82) is 0 Å². The number of aromatic nitrogens is 4. The van der Waals surface area contributed by atoms with Gasteiger partial charge in [0.15, 0.2) is 11.6 Å². The second kappa shape index (κ2) is 7.18. The second-order valence-corrected chi connectivity index (χ2v) is 8.90. The van der Waals surface area contributed by atoms with Crippen LogP contribution in [0.1, 0.15) is 32.6 Å². The van der Waals surface area contributed by atoms with E-state index in [2.05, 4.69) is 22.2 Å². The third kappa shape index (κ3) is 3.19. The van der Waals surface area contributed by atoms with Crippen molar-refractivity contribution in [1.82, 2.24) is 19.9 Å². The van der Waals surface area contributed by atoms with E-state index in [1.54, 1.807) is 12.5 Å². The predicted molar refractivity (Wildman–Crippen MR) is 117 cm³/mol. The molecule has 2 unspecified atom stereocenters. The third-order valence-electron chi connectivity index (χ3n) is 7.19. The number of nitrogens with zero attached hydrogens (tertiary/aromatic N) is 3. The highest BCUT2D eigenvalue weighted by molar-refractivity contribution is 5.92. The third-order valence-corrected chi connectivity index (χ3v) is 7.19. The molecular formula is C24H24FN5O. The van der Waals surface area contributed by atoms with Crippen LogP contribution < -0.4 is 5.32 Å². The van der Waals surface area contributed by atoms with Crippen LogP contribution in [0.4, 0.5) is 10.2 Å². The minimum Gasteiger partial charge on any atom is -0.463 e. The van der Waals surface area contributed by atoms with Crippen LogP contribution in [-0.2, 0) is 0 Å². The van der Waals surface area contributed by atoms with Crippen LogP contribution in [-0.4, -0.2) is 26.0 Å². The zero-order valence-electron chi connectivity index (χ0n) is 17.3. The Labute approximate surface area is 179 Å². The minimum absolute atomic E-state index is 0.388. The number of hydrogen-bond acceptors (Lipinski definition) is 5. The fraction of sp³-hybridized carbons (Fsp3) is 0.375. The van der Waals surface area contributed by atoms with Crippen molar-refractivity contribution >= 4 is 16.9 Å². The Morgan fingerprint density at radius 3 is 2.74 bits per heavy atom. The average Bonchev–Trinajstić information content (AvgIpc) is 3.46. The number of rotatable bonds is 4. The first kappa shape index (κ1) is 18.5. The molecule has 3 fully saturated rings. The molecule has 6 nitrogen and oxygen atoms in total. The van der Waals surface area contributed by atoms with E-state index < -0.39 is 0 Å². The van der Waals surface area contributed by atoms with Gasteiger partial charge in [-0.3, -0.25) is 0 Å². The van der Waals surface area contributed by atoms with E-state index in [-0.39, 0.29) is 5.82 Å². The van der Waals surface area contributed by atoms with Crippen molar-refractivity contribution in [2.45, 2.75) is 38.6 Å². The van der Waals surface area contributed by atoms with Gasteiger partial charge in [-0.15, -0.1) is 0 Å². The molecule has 31 heavy (non-hydrogen) atoms. The number of halogens is 1. The summed E-state index contributed by atoms with van der Waals surface area (Å²) in [6.07, 6.45) is 9.86. The summed E-state index contributed by atoms with van der Waals surface area (Å²) in [5, 5.41) is 4.39. The number of nitrogens with one attached hydrogen (secondary N) is 2. The van der Waals surface area contributed by atoms with Crippen LogP contribution in [0.25, 0.3) is 33.9 Å². The zero-order chi connectivity index (χ0) is 20.9. The quantitative estimate of drug-likeness (QED) is 0.448. The number of anilines is 1. The Morgan fingerprint density at radius 1 is 1.13 bits per heavy atom. The van der Waals surface area contributed by atoms with Crippen LogP contribution in [0.15, 0.2) is 47.3 Å². The van der Waals surface area contributed by atoms with Gasteiger partial charge in [-0.05, 0) is 61.6 Å².